The van der Waals surface area contributed by atoms with E-state index in [1.807, 2.05) is 38.1 Å². The standard InChI is InChI=1S/C25H32N4O4S/c1-18(2)23(27-25(31)26-21-9-4-3-5-10-21)24(30)28-13-15-29(16-14-28)34(32,33)22-12-11-19-7-6-8-20(19)17-22/h3-5,9-12,17-18,23H,6-8,13-16H2,1-2H3,(H2,26,27,31)/t23-/m1/s1. The molecule has 0 spiro atoms. The van der Waals surface area contributed by atoms with Gasteiger partial charge in [-0.05, 0) is 60.6 Å². The van der Waals surface area contributed by atoms with Crippen molar-refractivity contribution in [1.82, 2.24) is 14.5 Å². The second-order valence-electron chi connectivity index (χ2n) is 9.20. The van der Waals surface area contributed by atoms with Crippen LogP contribution in [0.25, 0.3) is 0 Å². The van der Waals surface area contributed by atoms with Crippen LogP contribution in [0.15, 0.2) is 53.4 Å². The first-order valence-corrected chi connectivity index (χ1v) is 13.2. The number of hydrogen-bond acceptors (Lipinski definition) is 4. The lowest BCUT2D eigenvalue weighted by atomic mass is 10.0. The number of nitrogens with zero attached hydrogens (tertiary/aromatic N) is 2. The Morgan fingerprint density at radius 1 is 0.912 bits per heavy atom. The largest absolute Gasteiger partial charge is 0.338 e. The number of piperazine rings is 1. The highest BCUT2D eigenvalue weighted by molar-refractivity contribution is 7.89. The monoisotopic (exact) mass is 484 g/mol. The van der Waals surface area contributed by atoms with Gasteiger partial charge in [-0.2, -0.15) is 4.31 Å². The van der Waals surface area contributed by atoms with E-state index in [1.54, 1.807) is 29.2 Å². The normalized spacial score (nSPS) is 17.3. The van der Waals surface area contributed by atoms with Gasteiger partial charge < -0.3 is 15.5 Å². The van der Waals surface area contributed by atoms with Crippen LogP contribution < -0.4 is 10.6 Å². The third-order valence-electron chi connectivity index (χ3n) is 6.51. The number of rotatable bonds is 6. The number of para-hydroxylation sites is 1. The Bertz CT molecular complexity index is 1140. The molecule has 1 fully saturated rings. The van der Waals surface area contributed by atoms with E-state index in [-0.39, 0.29) is 38.0 Å². The van der Waals surface area contributed by atoms with Crippen molar-refractivity contribution >= 4 is 27.6 Å². The van der Waals surface area contributed by atoms with E-state index in [1.165, 1.54) is 9.87 Å². The summed E-state index contributed by atoms with van der Waals surface area (Å²) in [6.45, 7) is 4.78. The minimum Gasteiger partial charge on any atom is -0.338 e. The molecule has 0 radical (unpaired) electrons. The van der Waals surface area contributed by atoms with Crippen molar-refractivity contribution < 1.29 is 18.0 Å². The minimum absolute atomic E-state index is 0.123. The molecule has 2 aromatic carbocycles. The van der Waals surface area contributed by atoms with Gasteiger partial charge in [-0.15, -0.1) is 0 Å². The molecule has 3 amide bonds. The number of amides is 3. The number of fused-ring (bicyclic) bond motifs is 1. The average molecular weight is 485 g/mol. The Hall–Kier alpha value is -2.91. The van der Waals surface area contributed by atoms with Crippen LogP contribution >= 0.6 is 0 Å². The lowest BCUT2D eigenvalue weighted by Gasteiger charge is -2.36. The van der Waals surface area contributed by atoms with Crippen LogP contribution in [-0.4, -0.2) is 61.8 Å². The maximum Gasteiger partial charge on any atom is 0.319 e. The van der Waals surface area contributed by atoms with Gasteiger partial charge in [-0.1, -0.05) is 38.1 Å². The fraction of sp³-hybridized carbons (Fsp3) is 0.440. The highest BCUT2D eigenvalue weighted by Gasteiger charge is 2.34. The van der Waals surface area contributed by atoms with Crippen molar-refractivity contribution in [3.05, 3.63) is 59.7 Å². The molecule has 0 saturated carbocycles. The number of aryl methyl sites for hydroxylation is 2. The number of sulfonamides is 1. The fourth-order valence-corrected chi connectivity index (χ4v) is 6.02. The Morgan fingerprint density at radius 3 is 2.26 bits per heavy atom. The lowest BCUT2D eigenvalue weighted by molar-refractivity contribution is -0.135. The average Bonchev–Trinajstić information content (AvgIpc) is 3.31. The molecule has 1 atom stereocenters. The first kappa shape index (κ1) is 24.2. The van der Waals surface area contributed by atoms with Crippen molar-refractivity contribution in [2.24, 2.45) is 5.92 Å². The van der Waals surface area contributed by atoms with E-state index in [9.17, 15) is 18.0 Å². The van der Waals surface area contributed by atoms with Gasteiger partial charge in [0.2, 0.25) is 15.9 Å². The predicted molar refractivity (Wildman–Crippen MR) is 131 cm³/mol. The van der Waals surface area contributed by atoms with Crippen LogP contribution in [0.4, 0.5) is 10.5 Å². The molecule has 1 aliphatic carbocycles. The summed E-state index contributed by atoms with van der Waals surface area (Å²) in [5.41, 5.74) is 2.99. The quantitative estimate of drug-likeness (QED) is 0.659. The van der Waals surface area contributed by atoms with Crippen molar-refractivity contribution in [2.75, 3.05) is 31.5 Å². The molecule has 1 heterocycles. The van der Waals surface area contributed by atoms with Gasteiger partial charge >= 0.3 is 6.03 Å². The van der Waals surface area contributed by atoms with E-state index in [0.29, 0.717) is 10.6 Å². The minimum atomic E-state index is -3.61. The third kappa shape index (κ3) is 5.26. The summed E-state index contributed by atoms with van der Waals surface area (Å²) in [6, 6.07) is 13.3. The molecule has 8 nitrogen and oxygen atoms in total. The Morgan fingerprint density at radius 2 is 1.59 bits per heavy atom. The number of urea groups is 1. The summed E-state index contributed by atoms with van der Waals surface area (Å²) in [6.07, 6.45) is 2.99. The zero-order valence-corrected chi connectivity index (χ0v) is 20.5. The third-order valence-corrected chi connectivity index (χ3v) is 8.40. The van der Waals surface area contributed by atoms with Gasteiger partial charge in [0.15, 0.2) is 0 Å². The van der Waals surface area contributed by atoms with Gasteiger partial charge in [-0.3, -0.25) is 4.79 Å². The van der Waals surface area contributed by atoms with Crippen LogP contribution in [0.2, 0.25) is 0 Å². The van der Waals surface area contributed by atoms with Crippen LogP contribution in [-0.2, 0) is 27.7 Å². The summed E-state index contributed by atoms with van der Waals surface area (Å²) in [4.78, 5) is 27.6. The smallest absolute Gasteiger partial charge is 0.319 e. The summed E-state index contributed by atoms with van der Waals surface area (Å²) < 4.78 is 27.8. The Kier molecular flexibility index (Phi) is 7.23. The zero-order chi connectivity index (χ0) is 24.3. The van der Waals surface area contributed by atoms with Crippen LogP contribution in [0.5, 0.6) is 0 Å². The van der Waals surface area contributed by atoms with E-state index in [0.717, 1.165) is 24.8 Å². The molecule has 0 unspecified atom stereocenters. The van der Waals surface area contributed by atoms with Gasteiger partial charge in [-0.25, -0.2) is 13.2 Å². The molecule has 0 aromatic heterocycles. The molecular formula is C25H32N4O4S. The summed E-state index contributed by atoms with van der Waals surface area (Å²) in [5, 5.41) is 5.52. The summed E-state index contributed by atoms with van der Waals surface area (Å²) in [7, 11) is -3.61. The first-order valence-electron chi connectivity index (χ1n) is 11.8. The fourth-order valence-electron chi connectivity index (χ4n) is 4.55. The van der Waals surface area contributed by atoms with Crippen LogP contribution in [0, 0.1) is 5.92 Å². The number of anilines is 1. The Labute approximate surface area is 201 Å². The first-order chi connectivity index (χ1) is 16.3. The van der Waals surface area contributed by atoms with Crippen molar-refractivity contribution in [3.63, 3.8) is 0 Å². The molecular weight excluding hydrogens is 452 g/mol. The molecule has 0 bridgehead atoms. The maximum atomic E-state index is 13.2. The highest BCUT2D eigenvalue weighted by Crippen LogP contribution is 2.27. The molecule has 4 rings (SSSR count). The van der Waals surface area contributed by atoms with Gasteiger partial charge in [0.05, 0.1) is 4.90 Å². The molecule has 182 valence electrons. The van der Waals surface area contributed by atoms with E-state index in [2.05, 4.69) is 10.6 Å². The molecule has 1 saturated heterocycles. The topological polar surface area (TPSA) is 98.8 Å². The molecule has 1 aliphatic heterocycles. The van der Waals surface area contributed by atoms with Gasteiger partial charge in [0, 0.05) is 31.9 Å². The number of hydrogen-bond donors (Lipinski definition) is 2. The number of nitrogens with one attached hydrogen (secondary N) is 2. The van der Waals surface area contributed by atoms with Gasteiger partial charge in [0.1, 0.15) is 6.04 Å². The summed E-state index contributed by atoms with van der Waals surface area (Å²) >= 11 is 0. The molecule has 2 aromatic rings. The zero-order valence-electron chi connectivity index (χ0n) is 19.7. The lowest BCUT2D eigenvalue weighted by Crippen LogP contribution is -2.57. The molecule has 2 aliphatic rings. The van der Waals surface area contributed by atoms with Crippen LogP contribution in [0.1, 0.15) is 31.4 Å². The van der Waals surface area contributed by atoms with Crippen molar-refractivity contribution in [1.29, 1.82) is 0 Å². The number of carbonyl (C=O) groups is 2. The molecule has 34 heavy (non-hydrogen) atoms. The number of benzene rings is 2. The van der Waals surface area contributed by atoms with E-state index < -0.39 is 22.1 Å². The van der Waals surface area contributed by atoms with Crippen molar-refractivity contribution in [2.45, 2.75) is 44.0 Å². The molecule has 2 N–H and O–H groups in total. The Balaban J connectivity index is 1.37. The number of carbonyl (C=O) groups excluding carboxylic acids is 2. The maximum absolute atomic E-state index is 13.2. The summed E-state index contributed by atoms with van der Waals surface area (Å²) in [5.74, 6) is -0.324. The second kappa shape index (κ2) is 10.1. The SMILES string of the molecule is CC(C)[C@@H](NC(=O)Nc1ccccc1)C(=O)N1CCN(S(=O)(=O)c2ccc3c(c2)CCC3)CC1. The van der Waals surface area contributed by atoms with Crippen LogP contribution in [0.3, 0.4) is 0 Å². The van der Waals surface area contributed by atoms with Gasteiger partial charge in [0.25, 0.3) is 0 Å². The predicted octanol–water partition coefficient (Wildman–Crippen LogP) is 2.85. The van der Waals surface area contributed by atoms with E-state index >= 15 is 0 Å². The van der Waals surface area contributed by atoms with E-state index in [4.69, 9.17) is 0 Å². The highest BCUT2D eigenvalue weighted by atomic mass is 32.2. The second-order valence-corrected chi connectivity index (χ2v) is 11.1. The van der Waals surface area contributed by atoms with Crippen molar-refractivity contribution in [3.8, 4) is 0 Å². The molecule has 9 heteroatoms.